The molecule has 0 atom stereocenters. The Bertz CT molecular complexity index is 700. The molecular formula is C17H14O3. The second-order valence-electron chi connectivity index (χ2n) is 4.73. The predicted octanol–water partition coefficient (Wildman–Crippen LogP) is 3.42. The average Bonchev–Trinajstić information content (AvgIpc) is 2.48. The number of rotatable bonds is 2. The molecule has 0 spiro atoms. The summed E-state index contributed by atoms with van der Waals surface area (Å²) in [6.07, 6.45) is 1.95. The quantitative estimate of drug-likeness (QED) is 0.847. The van der Waals surface area contributed by atoms with Crippen molar-refractivity contribution < 1.29 is 14.6 Å². The first-order chi connectivity index (χ1) is 9.68. The highest BCUT2D eigenvalue weighted by Crippen LogP contribution is 2.38. The molecule has 0 radical (unpaired) electrons. The van der Waals surface area contributed by atoms with Gasteiger partial charge in [0.1, 0.15) is 23.7 Å². The van der Waals surface area contributed by atoms with E-state index in [-0.39, 0.29) is 17.1 Å². The van der Waals surface area contributed by atoms with E-state index in [9.17, 15) is 9.90 Å². The summed E-state index contributed by atoms with van der Waals surface area (Å²) < 4.78 is 5.59. The van der Waals surface area contributed by atoms with Crippen molar-refractivity contribution in [3.63, 3.8) is 0 Å². The van der Waals surface area contributed by atoms with Gasteiger partial charge in [-0.2, -0.15) is 0 Å². The summed E-state index contributed by atoms with van der Waals surface area (Å²) in [6, 6.07) is 12.2. The number of phenolic OH excluding ortho intramolecular Hbond substituents is 1. The lowest BCUT2D eigenvalue weighted by molar-refractivity contribution is 0.103. The molecule has 1 N–H and O–H groups in total. The summed E-state index contributed by atoms with van der Waals surface area (Å²) in [5.41, 5.74) is 2.68. The van der Waals surface area contributed by atoms with Gasteiger partial charge in [0.05, 0.1) is 0 Å². The molecule has 1 aliphatic rings. The molecule has 3 rings (SSSR count). The van der Waals surface area contributed by atoms with Crippen LogP contribution in [0.25, 0.3) is 5.57 Å². The second kappa shape index (κ2) is 4.85. The molecule has 2 aromatic rings. The third-order valence-electron chi connectivity index (χ3n) is 3.44. The highest BCUT2D eigenvalue weighted by atomic mass is 16.5. The normalized spacial score (nSPS) is 13.2. The van der Waals surface area contributed by atoms with E-state index in [1.807, 2.05) is 19.1 Å². The van der Waals surface area contributed by atoms with Crippen LogP contribution in [-0.4, -0.2) is 17.5 Å². The molecule has 0 bridgehead atoms. The van der Waals surface area contributed by atoms with Crippen molar-refractivity contribution in [1.82, 2.24) is 0 Å². The first-order valence-corrected chi connectivity index (χ1v) is 6.44. The SMILES string of the molecule is CC1=CCOc2c1ccc(O)c2C(=O)c1ccccc1. The lowest BCUT2D eigenvalue weighted by atomic mass is 9.95. The molecule has 3 heteroatoms. The monoisotopic (exact) mass is 266 g/mol. The highest BCUT2D eigenvalue weighted by molar-refractivity contribution is 6.13. The van der Waals surface area contributed by atoms with Crippen LogP contribution in [0.5, 0.6) is 11.5 Å². The van der Waals surface area contributed by atoms with Crippen LogP contribution in [0, 0.1) is 0 Å². The molecule has 20 heavy (non-hydrogen) atoms. The van der Waals surface area contributed by atoms with Gasteiger partial charge in [-0.05, 0) is 30.7 Å². The number of hydrogen-bond donors (Lipinski definition) is 1. The molecule has 1 heterocycles. The van der Waals surface area contributed by atoms with Crippen LogP contribution < -0.4 is 4.74 Å². The molecule has 1 aliphatic heterocycles. The molecule has 0 aliphatic carbocycles. The number of ketones is 1. The fraction of sp³-hybridized carbons (Fsp3) is 0.118. The Morgan fingerprint density at radius 3 is 2.65 bits per heavy atom. The first kappa shape index (κ1) is 12.5. The average molecular weight is 266 g/mol. The van der Waals surface area contributed by atoms with Crippen molar-refractivity contribution in [1.29, 1.82) is 0 Å². The number of fused-ring (bicyclic) bond motifs is 1. The number of aromatic hydroxyl groups is 1. The number of carbonyl (C=O) groups is 1. The van der Waals surface area contributed by atoms with Gasteiger partial charge in [0.15, 0.2) is 0 Å². The van der Waals surface area contributed by atoms with Gasteiger partial charge in [-0.25, -0.2) is 0 Å². The summed E-state index contributed by atoms with van der Waals surface area (Å²) in [5, 5.41) is 10.1. The first-order valence-electron chi connectivity index (χ1n) is 6.44. The van der Waals surface area contributed by atoms with Gasteiger partial charge in [-0.15, -0.1) is 0 Å². The Morgan fingerprint density at radius 1 is 1.15 bits per heavy atom. The molecule has 0 aromatic heterocycles. The van der Waals surface area contributed by atoms with Crippen molar-refractivity contribution in [2.75, 3.05) is 6.61 Å². The maximum atomic E-state index is 12.6. The molecule has 0 fully saturated rings. The minimum atomic E-state index is -0.227. The number of hydrogen-bond acceptors (Lipinski definition) is 3. The Morgan fingerprint density at radius 2 is 1.90 bits per heavy atom. The smallest absolute Gasteiger partial charge is 0.200 e. The molecule has 0 saturated carbocycles. The highest BCUT2D eigenvalue weighted by Gasteiger charge is 2.24. The Hall–Kier alpha value is -2.55. The zero-order valence-corrected chi connectivity index (χ0v) is 11.1. The molecule has 0 saturated heterocycles. The fourth-order valence-corrected chi connectivity index (χ4v) is 2.35. The molecule has 2 aromatic carbocycles. The number of ether oxygens (including phenoxy) is 1. The van der Waals surface area contributed by atoms with Crippen molar-refractivity contribution in [3.05, 3.63) is 65.2 Å². The maximum absolute atomic E-state index is 12.6. The van der Waals surface area contributed by atoms with E-state index in [0.717, 1.165) is 11.1 Å². The fourth-order valence-electron chi connectivity index (χ4n) is 2.35. The van der Waals surface area contributed by atoms with Gasteiger partial charge >= 0.3 is 0 Å². The standard InChI is InChI=1S/C17H14O3/c1-11-9-10-20-17-13(11)7-8-14(18)15(17)16(19)12-5-3-2-4-6-12/h2-9,18H,10H2,1H3. The molecule has 0 amide bonds. The third kappa shape index (κ3) is 1.97. The van der Waals surface area contributed by atoms with Crippen LogP contribution in [0.15, 0.2) is 48.5 Å². The van der Waals surface area contributed by atoms with Crippen LogP contribution in [0.4, 0.5) is 0 Å². The van der Waals surface area contributed by atoms with E-state index in [0.29, 0.717) is 17.9 Å². The second-order valence-corrected chi connectivity index (χ2v) is 4.73. The minimum absolute atomic E-state index is 0.0488. The Labute approximate surface area is 117 Å². The summed E-state index contributed by atoms with van der Waals surface area (Å²) in [6.45, 7) is 2.38. The van der Waals surface area contributed by atoms with Gasteiger partial charge in [0.25, 0.3) is 0 Å². The number of phenols is 1. The third-order valence-corrected chi connectivity index (χ3v) is 3.44. The molecule has 100 valence electrons. The van der Waals surface area contributed by atoms with Crippen molar-refractivity contribution in [2.45, 2.75) is 6.92 Å². The Kier molecular flexibility index (Phi) is 3.03. The van der Waals surface area contributed by atoms with Gasteiger partial charge in [-0.1, -0.05) is 30.3 Å². The van der Waals surface area contributed by atoms with Crippen LogP contribution in [-0.2, 0) is 0 Å². The largest absolute Gasteiger partial charge is 0.507 e. The number of allylic oxidation sites excluding steroid dienone is 1. The van der Waals surface area contributed by atoms with Crippen LogP contribution >= 0.6 is 0 Å². The lowest BCUT2D eigenvalue weighted by Crippen LogP contribution is -2.11. The van der Waals surface area contributed by atoms with Crippen LogP contribution in [0.1, 0.15) is 28.4 Å². The van der Waals surface area contributed by atoms with Gasteiger partial charge < -0.3 is 9.84 Å². The van der Waals surface area contributed by atoms with E-state index in [1.54, 1.807) is 36.4 Å². The van der Waals surface area contributed by atoms with Gasteiger partial charge in [0, 0.05) is 11.1 Å². The van der Waals surface area contributed by atoms with Crippen molar-refractivity contribution >= 4 is 11.4 Å². The van der Waals surface area contributed by atoms with E-state index in [1.165, 1.54) is 0 Å². The summed E-state index contributed by atoms with van der Waals surface area (Å²) in [4.78, 5) is 12.6. The van der Waals surface area contributed by atoms with Crippen molar-refractivity contribution in [2.24, 2.45) is 0 Å². The zero-order valence-electron chi connectivity index (χ0n) is 11.1. The maximum Gasteiger partial charge on any atom is 0.200 e. The molecular weight excluding hydrogens is 252 g/mol. The van der Waals surface area contributed by atoms with Gasteiger partial charge in [-0.3, -0.25) is 4.79 Å². The zero-order chi connectivity index (χ0) is 14.1. The Balaban J connectivity index is 2.17. The number of carbonyl (C=O) groups excluding carboxylic acids is 1. The minimum Gasteiger partial charge on any atom is -0.507 e. The van der Waals surface area contributed by atoms with Crippen LogP contribution in [0.2, 0.25) is 0 Å². The van der Waals surface area contributed by atoms with E-state index in [4.69, 9.17) is 4.74 Å². The molecule has 0 unspecified atom stereocenters. The van der Waals surface area contributed by atoms with Crippen LogP contribution in [0.3, 0.4) is 0 Å². The topological polar surface area (TPSA) is 46.5 Å². The van der Waals surface area contributed by atoms with E-state index >= 15 is 0 Å². The number of benzene rings is 2. The van der Waals surface area contributed by atoms with E-state index < -0.39 is 0 Å². The molecule has 3 nitrogen and oxygen atoms in total. The summed E-state index contributed by atoms with van der Waals surface area (Å²) in [5.74, 6) is 0.195. The lowest BCUT2D eigenvalue weighted by Gasteiger charge is -2.20. The van der Waals surface area contributed by atoms with E-state index in [2.05, 4.69) is 0 Å². The predicted molar refractivity (Wildman–Crippen MR) is 77.1 cm³/mol. The van der Waals surface area contributed by atoms with Gasteiger partial charge in [0.2, 0.25) is 5.78 Å². The summed E-state index contributed by atoms with van der Waals surface area (Å²) >= 11 is 0. The summed E-state index contributed by atoms with van der Waals surface area (Å²) in [7, 11) is 0. The van der Waals surface area contributed by atoms with Crippen molar-refractivity contribution in [3.8, 4) is 11.5 Å².